The minimum absolute atomic E-state index is 0.198. The lowest BCUT2D eigenvalue weighted by Crippen LogP contribution is -2.30. The Morgan fingerprint density at radius 3 is 2.38 bits per heavy atom. The molecule has 2 aliphatic carbocycles. The normalized spacial score (nSPS) is 25.2. The van der Waals surface area contributed by atoms with Gasteiger partial charge in [0.2, 0.25) is 5.95 Å². The molecule has 0 radical (unpaired) electrons. The third-order valence-electron chi connectivity index (χ3n) is 5.03. The lowest BCUT2D eigenvalue weighted by atomic mass is 9.93. The molecule has 7 heteroatoms. The molecular weight excluding hydrogens is 306 g/mol. The van der Waals surface area contributed by atoms with Crippen LogP contribution in [-0.2, 0) is 0 Å². The molecule has 7 nitrogen and oxygen atoms in total. The fourth-order valence-corrected chi connectivity index (χ4v) is 3.58. The van der Waals surface area contributed by atoms with Gasteiger partial charge in [-0.2, -0.15) is 4.98 Å². The fraction of sp³-hybridized carbons (Fsp3) is 0.706. The summed E-state index contributed by atoms with van der Waals surface area (Å²) in [6.45, 7) is 0. The number of hydrogen-bond acceptors (Lipinski definition) is 6. The summed E-state index contributed by atoms with van der Waals surface area (Å²) in [6.07, 6.45) is 10.5. The van der Waals surface area contributed by atoms with E-state index in [1.807, 2.05) is 0 Å². The summed E-state index contributed by atoms with van der Waals surface area (Å²) in [6, 6.07) is 0.597. The zero-order valence-corrected chi connectivity index (χ0v) is 14.0. The summed E-state index contributed by atoms with van der Waals surface area (Å²) < 4.78 is 0. The number of aliphatic hydroxyl groups excluding tert-OH is 1. The van der Waals surface area contributed by atoms with Gasteiger partial charge in [0.1, 0.15) is 5.82 Å². The van der Waals surface area contributed by atoms with Gasteiger partial charge in [-0.15, -0.1) is 0 Å². The molecule has 1 amide bonds. The van der Waals surface area contributed by atoms with Crippen molar-refractivity contribution in [3.63, 3.8) is 0 Å². The maximum atomic E-state index is 11.7. The van der Waals surface area contributed by atoms with Crippen LogP contribution in [-0.4, -0.2) is 39.2 Å². The van der Waals surface area contributed by atoms with Crippen LogP contribution in [0.3, 0.4) is 0 Å². The third-order valence-corrected chi connectivity index (χ3v) is 5.03. The molecule has 0 atom stereocenters. The maximum Gasteiger partial charge on any atom is 0.254 e. The summed E-state index contributed by atoms with van der Waals surface area (Å²) in [4.78, 5) is 20.4. The van der Waals surface area contributed by atoms with E-state index in [2.05, 4.69) is 20.6 Å². The van der Waals surface area contributed by atoms with Crippen molar-refractivity contribution in [2.45, 2.75) is 76.0 Å². The fourth-order valence-electron chi connectivity index (χ4n) is 3.58. The van der Waals surface area contributed by atoms with Crippen molar-refractivity contribution >= 4 is 17.7 Å². The lowest BCUT2D eigenvalue weighted by molar-refractivity contribution is 0.1000. The first-order chi connectivity index (χ1) is 11.6. The number of nitrogens with zero attached hydrogens (tertiary/aromatic N) is 2. The van der Waals surface area contributed by atoms with E-state index in [0.29, 0.717) is 23.4 Å². The quantitative estimate of drug-likeness (QED) is 0.656. The van der Waals surface area contributed by atoms with Crippen LogP contribution in [0.1, 0.15) is 68.1 Å². The number of carbonyl (C=O) groups is 1. The number of anilines is 2. The molecule has 0 aromatic carbocycles. The van der Waals surface area contributed by atoms with E-state index in [-0.39, 0.29) is 12.1 Å². The highest BCUT2D eigenvalue weighted by molar-refractivity contribution is 5.97. The molecule has 2 fully saturated rings. The first-order valence-electron chi connectivity index (χ1n) is 9.00. The van der Waals surface area contributed by atoms with Crippen LogP contribution in [0.2, 0.25) is 0 Å². The molecule has 0 saturated heterocycles. The molecule has 0 unspecified atom stereocenters. The van der Waals surface area contributed by atoms with Crippen LogP contribution >= 0.6 is 0 Å². The SMILES string of the molecule is NC(=O)c1cnc(NC2CCCCC2)nc1NC1CCC(O)CC1. The Labute approximate surface area is 142 Å². The van der Waals surface area contributed by atoms with Crippen molar-refractivity contribution in [2.75, 3.05) is 10.6 Å². The molecule has 1 aromatic heterocycles. The average Bonchev–Trinajstić information content (AvgIpc) is 2.58. The molecule has 1 heterocycles. The number of carbonyl (C=O) groups excluding carboxylic acids is 1. The van der Waals surface area contributed by atoms with Gasteiger partial charge in [0.15, 0.2) is 0 Å². The van der Waals surface area contributed by atoms with Crippen LogP contribution in [0.15, 0.2) is 6.20 Å². The molecule has 2 aliphatic rings. The van der Waals surface area contributed by atoms with E-state index in [1.54, 1.807) is 0 Å². The second kappa shape index (κ2) is 7.79. The first-order valence-corrected chi connectivity index (χ1v) is 9.00. The topological polar surface area (TPSA) is 113 Å². The second-order valence-corrected chi connectivity index (χ2v) is 6.95. The van der Waals surface area contributed by atoms with E-state index in [4.69, 9.17) is 5.73 Å². The predicted molar refractivity (Wildman–Crippen MR) is 92.9 cm³/mol. The third kappa shape index (κ3) is 4.35. The van der Waals surface area contributed by atoms with Crippen molar-refractivity contribution in [3.8, 4) is 0 Å². The summed E-state index contributed by atoms with van der Waals surface area (Å²) in [5, 5.41) is 16.3. The van der Waals surface area contributed by atoms with Gasteiger partial charge in [-0.3, -0.25) is 4.79 Å². The number of rotatable bonds is 5. The molecule has 2 saturated carbocycles. The molecule has 0 aliphatic heterocycles. The van der Waals surface area contributed by atoms with Crippen LogP contribution in [0.25, 0.3) is 0 Å². The minimum Gasteiger partial charge on any atom is -0.393 e. The van der Waals surface area contributed by atoms with Crippen molar-refractivity contribution < 1.29 is 9.90 Å². The number of nitrogens with one attached hydrogen (secondary N) is 2. The van der Waals surface area contributed by atoms with E-state index in [1.165, 1.54) is 25.5 Å². The first kappa shape index (κ1) is 17.0. The highest BCUT2D eigenvalue weighted by Crippen LogP contribution is 2.25. The van der Waals surface area contributed by atoms with E-state index in [0.717, 1.165) is 38.5 Å². The molecule has 3 rings (SSSR count). The largest absolute Gasteiger partial charge is 0.393 e. The molecule has 1 aromatic rings. The van der Waals surface area contributed by atoms with Crippen LogP contribution in [0.5, 0.6) is 0 Å². The van der Waals surface area contributed by atoms with Crippen molar-refractivity contribution in [2.24, 2.45) is 5.73 Å². The van der Waals surface area contributed by atoms with E-state index < -0.39 is 5.91 Å². The van der Waals surface area contributed by atoms with Crippen LogP contribution in [0, 0.1) is 0 Å². The Hall–Kier alpha value is -1.89. The van der Waals surface area contributed by atoms with Gasteiger partial charge in [-0.25, -0.2) is 4.98 Å². The van der Waals surface area contributed by atoms with Crippen molar-refractivity contribution in [1.29, 1.82) is 0 Å². The van der Waals surface area contributed by atoms with Crippen LogP contribution < -0.4 is 16.4 Å². The van der Waals surface area contributed by atoms with Crippen molar-refractivity contribution in [3.05, 3.63) is 11.8 Å². The highest BCUT2D eigenvalue weighted by atomic mass is 16.3. The van der Waals surface area contributed by atoms with E-state index >= 15 is 0 Å². The Kier molecular flexibility index (Phi) is 5.50. The molecule has 5 N–H and O–H groups in total. The van der Waals surface area contributed by atoms with E-state index in [9.17, 15) is 9.90 Å². The van der Waals surface area contributed by atoms with Crippen LogP contribution in [0.4, 0.5) is 11.8 Å². The number of amides is 1. The Morgan fingerprint density at radius 2 is 1.71 bits per heavy atom. The van der Waals surface area contributed by atoms with Crippen molar-refractivity contribution in [1.82, 2.24) is 9.97 Å². The van der Waals surface area contributed by atoms with Gasteiger partial charge in [-0.1, -0.05) is 19.3 Å². The van der Waals surface area contributed by atoms with Gasteiger partial charge in [0.05, 0.1) is 11.7 Å². The highest BCUT2D eigenvalue weighted by Gasteiger charge is 2.22. The van der Waals surface area contributed by atoms with Gasteiger partial charge >= 0.3 is 0 Å². The smallest absolute Gasteiger partial charge is 0.254 e. The maximum absolute atomic E-state index is 11.7. The summed E-state index contributed by atoms with van der Waals surface area (Å²) in [5.74, 6) is 0.514. The predicted octanol–water partition coefficient (Wildman–Crippen LogP) is 2.04. The zero-order valence-electron chi connectivity index (χ0n) is 14.0. The number of primary amides is 1. The molecular formula is C17H27N5O2. The lowest BCUT2D eigenvalue weighted by Gasteiger charge is -2.27. The number of aliphatic hydroxyl groups is 1. The van der Waals surface area contributed by atoms with Gasteiger partial charge in [0, 0.05) is 18.3 Å². The zero-order chi connectivity index (χ0) is 16.9. The van der Waals surface area contributed by atoms with Gasteiger partial charge in [0.25, 0.3) is 5.91 Å². The second-order valence-electron chi connectivity index (χ2n) is 6.95. The number of nitrogens with two attached hydrogens (primary N) is 1. The molecule has 132 valence electrons. The summed E-state index contributed by atoms with van der Waals surface area (Å²) in [7, 11) is 0. The van der Waals surface area contributed by atoms with Gasteiger partial charge < -0.3 is 21.5 Å². The minimum atomic E-state index is -0.530. The Bertz CT molecular complexity index is 566. The monoisotopic (exact) mass is 333 g/mol. The molecule has 0 bridgehead atoms. The Balaban J connectivity index is 1.71. The summed E-state index contributed by atoms with van der Waals surface area (Å²) >= 11 is 0. The average molecular weight is 333 g/mol. The summed E-state index contributed by atoms with van der Waals surface area (Å²) in [5.41, 5.74) is 5.77. The standard InChI is InChI=1S/C17H27N5O2/c18-15(24)14-10-19-17(21-11-4-2-1-3-5-11)22-16(14)20-12-6-8-13(23)9-7-12/h10-13,23H,1-9H2,(H2,18,24)(H2,19,20,21,22). The molecule has 24 heavy (non-hydrogen) atoms. The molecule has 0 spiro atoms. The number of aromatic nitrogens is 2. The Morgan fingerprint density at radius 1 is 1.04 bits per heavy atom. The van der Waals surface area contributed by atoms with Gasteiger partial charge in [-0.05, 0) is 38.5 Å². The number of hydrogen-bond donors (Lipinski definition) is 4.